The van der Waals surface area contributed by atoms with Gasteiger partial charge in [0.05, 0.1) is 11.9 Å². The van der Waals surface area contributed by atoms with Gasteiger partial charge in [0.25, 0.3) is 0 Å². The van der Waals surface area contributed by atoms with Gasteiger partial charge >= 0.3 is 6.03 Å². The van der Waals surface area contributed by atoms with Crippen LogP contribution < -0.4 is 5.32 Å². The predicted molar refractivity (Wildman–Crippen MR) is 96.5 cm³/mol. The smallest absolute Gasteiger partial charge is 0.323 e. The molecular formula is C20H23FN4O. The number of amides is 2. The standard InChI is InChI=1S/C20H23FN4O/c1-20-12-24(11-17(20)13-2-3-14(20)10-13)19(26)23-18-8-9-22-25(18)16-6-4-15(21)5-7-16/h4-9,13-14,17H,2-3,10-12H2,1H3,(H,23,26)/t13-,14+,17-,20+/m0/s1. The van der Waals surface area contributed by atoms with E-state index in [-0.39, 0.29) is 17.3 Å². The molecular weight excluding hydrogens is 331 g/mol. The number of rotatable bonds is 2. The third-order valence-electron chi connectivity index (χ3n) is 7.01. The van der Waals surface area contributed by atoms with E-state index in [0.717, 1.165) is 30.6 Å². The molecule has 0 radical (unpaired) electrons. The van der Waals surface area contributed by atoms with E-state index in [2.05, 4.69) is 17.3 Å². The summed E-state index contributed by atoms with van der Waals surface area (Å²) < 4.78 is 14.8. The molecule has 3 fully saturated rings. The van der Waals surface area contributed by atoms with E-state index in [9.17, 15) is 9.18 Å². The molecule has 2 bridgehead atoms. The highest BCUT2D eigenvalue weighted by Gasteiger charge is 2.59. The lowest BCUT2D eigenvalue weighted by Gasteiger charge is -2.34. The van der Waals surface area contributed by atoms with Crippen LogP contribution in [0, 0.1) is 29.0 Å². The van der Waals surface area contributed by atoms with Crippen LogP contribution >= 0.6 is 0 Å². The van der Waals surface area contributed by atoms with Crippen LogP contribution in [0.25, 0.3) is 5.69 Å². The van der Waals surface area contributed by atoms with E-state index in [4.69, 9.17) is 0 Å². The number of halogens is 1. The summed E-state index contributed by atoms with van der Waals surface area (Å²) in [6.45, 7) is 4.07. The van der Waals surface area contributed by atoms with E-state index in [1.54, 1.807) is 29.1 Å². The van der Waals surface area contributed by atoms with Gasteiger partial charge in [-0.1, -0.05) is 6.92 Å². The summed E-state index contributed by atoms with van der Waals surface area (Å²) in [5.41, 5.74) is 1.01. The molecule has 2 heterocycles. The molecule has 5 rings (SSSR count). The van der Waals surface area contributed by atoms with Crippen LogP contribution in [-0.2, 0) is 0 Å². The Hall–Kier alpha value is -2.37. The number of urea groups is 1. The van der Waals surface area contributed by atoms with Crippen LogP contribution in [0.1, 0.15) is 26.2 Å². The molecule has 4 atom stereocenters. The van der Waals surface area contributed by atoms with E-state index in [1.165, 1.54) is 31.4 Å². The summed E-state index contributed by atoms with van der Waals surface area (Å²) in [7, 11) is 0. The SMILES string of the molecule is C[C@]12CN(C(=O)Nc3ccnn3-c3ccc(F)cc3)C[C@H]1[C@H]1CC[C@@H]2C1. The molecule has 1 N–H and O–H groups in total. The highest BCUT2D eigenvalue weighted by atomic mass is 19.1. The van der Waals surface area contributed by atoms with Crippen molar-refractivity contribution in [3.8, 4) is 5.69 Å². The van der Waals surface area contributed by atoms with Crippen molar-refractivity contribution in [3.63, 3.8) is 0 Å². The lowest BCUT2D eigenvalue weighted by Crippen LogP contribution is -2.36. The molecule has 1 aromatic heterocycles. The largest absolute Gasteiger partial charge is 0.324 e. The van der Waals surface area contributed by atoms with Crippen LogP contribution in [0.5, 0.6) is 0 Å². The second kappa shape index (κ2) is 5.56. The number of nitrogens with one attached hydrogen (secondary N) is 1. The quantitative estimate of drug-likeness (QED) is 0.889. The maximum atomic E-state index is 13.2. The molecule has 1 saturated heterocycles. The van der Waals surface area contributed by atoms with E-state index < -0.39 is 0 Å². The predicted octanol–water partition coefficient (Wildman–Crippen LogP) is 3.91. The lowest BCUT2D eigenvalue weighted by atomic mass is 9.70. The zero-order chi connectivity index (χ0) is 17.9. The van der Waals surface area contributed by atoms with Crippen molar-refractivity contribution in [3.05, 3.63) is 42.3 Å². The molecule has 2 aliphatic carbocycles. The normalized spacial score (nSPS) is 32.1. The maximum absolute atomic E-state index is 13.2. The van der Waals surface area contributed by atoms with Crippen molar-refractivity contribution in [1.82, 2.24) is 14.7 Å². The summed E-state index contributed by atoms with van der Waals surface area (Å²) in [6, 6.07) is 7.78. The van der Waals surface area contributed by atoms with Crippen LogP contribution in [0.2, 0.25) is 0 Å². The lowest BCUT2D eigenvalue weighted by molar-refractivity contribution is 0.152. The van der Waals surface area contributed by atoms with Gasteiger partial charge in [-0.15, -0.1) is 0 Å². The second-order valence-corrected chi connectivity index (χ2v) is 8.30. The van der Waals surface area contributed by atoms with Gasteiger partial charge in [-0.05, 0) is 66.7 Å². The number of aromatic nitrogens is 2. The molecule has 0 spiro atoms. The highest BCUT2D eigenvalue weighted by Crippen LogP contribution is 2.62. The Morgan fingerprint density at radius 1 is 1.27 bits per heavy atom. The first-order valence-electron chi connectivity index (χ1n) is 9.40. The fraction of sp³-hybridized carbons (Fsp3) is 0.500. The molecule has 0 unspecified atom stereocenters. The second-order valence-electron chi connectivity index (χ2n) is 8.30. The van der Waals surface area contributed by atoms with Crippen LogP contribution in [0.3, 0.4) is 0 Å². The van der Waals surface area contributed by atoms with E-state index in [0.29, 0.717) is 11.7 Å². The van der Waals surface area contributed by atoms with Gasteiger partial charge in [0.15, 0.2) is 0 Å². The average molecular weight is 354 g/mol. The Balaban J connectivity index is 1.33. The molecule has 3 aliphatic rings. The molecule has 1 aromatic carbocycles. The first kappa shape index (κ1) is 15.9. The topological polar surface area (TPSA) is 50.2 Å². The first-order valence-corrected chi connectivity index (χ1v) is 9.40. The van der Waals surface area contributed by atoms with Crippen molar-refractivity contribution >= 4 is 11.8 Å². The molecule has 2 saturated carbocycles. The molecule has 1 aliphatic heterocycles. The highest BCUT2D eigenvalue weighted by molar-refractivity contribution is 5.89. The van der Waals surface area contributed by atoms with E-state index in [1.807, 2.05) is 4.90 Å². The van der Waals surface area contributed by atoms with Gasteiger partial charge in [0, 0.05) is 19.2 Å². The van der Waals surface area contributed by atoms with Crippen molar-refractivity contribution in [2.45, 2.75) is 26.2 Å². The van der Waals surface area contributed by atoms with Crippen LogP contribution in [0.15, 0.2) is 36.5 Å². The first-order chi connectivity index (χ1) is 12.5. The van der Waals surface area contributed by atoms with Crippen molar-refractivity contribution < 1.29 is 9.18 Å². The Kier molecular flexibility index (Phi) is 3.39. The molecule has 26 heavy (non-hydrogen) atoms. The molecule has 2 amide bonds. The number of benzene rings is 1. The van der Waals surface area contributed by atoms with Crippen molar-refractivity contribution in [2.24, 2.45) is 23.2 Å². The number of hydrogen-bond donors (Lipinski definition) is 1. The number of fused-ring (bicyclic) bond motifs is 5. The van der Waals surface area contributed by atoms with Crippen LogP contribution in [0.4, 0.5) is 15.0 Å². The summed E-state index contributed by atoms with van der Waals surface area (Å²) in [4.78, 5) is 14.8. The molecule has 2 aromatic rings. The third-order valence-corrected chi connectivity index (χ3v) is 7.01. The number of hydrogen-bond acceptors (Lipinski definition) is 2. The minimum atomic E-state index is -0.294. The Morgan fingerprint density at radius 2 is 2.08 bits per heavy atom. The van der Waals surface area contributed by atoms with Gasteiger partial charge in [-0.2, -0.15) is 5.10 Å². The summed E-state index contributed by atoms with van der Waals surface area (Å²) in [5, 5.41) is 7.26. The van der Waals surface area contributed by atoms with Gasteiger partial charge in [0.1, 0.15) is 11.6 Å². The number of nitrogens with zero attached hydrogens (tertiary/aromatic N) is 3. The Bertz CT molecular complexity index is 848. The number of carbonyl (C=O) groups is 1. The number of carbonyl (C=O) groups excluding carboxylic acids is 1. The molecule has 6 heteroatoms. The summed E-state index contributed by atoms with van der Waals surface area (Å²) >= 11 is 0. The minimum absolute atomic E-state index is 0.0658. The van der Waals surface area contributed by atoms with Gasteiger partial charge in [0.2, 0.25) is 0 Å². The maximum Gasteiger partial charge on any atom is 0.323 e. The number of likely N-dealkylation sites (tertiary alicyclic amines) is 1. The number of anilines is 1. The fourth-order valence-electron chi connectivity index (χ4n) is 5.67. The van der Waals surface area contributed by atoms with Crippen molar-refractivity contribution in [1.29, 1.82) is 0 Å². The zero-order valence-electron chi connectivity index (χ0n) is 14.9. The third kappa shape index (κ3) is 2.27. The summed E-state index contributed by atoms with van der Waals surface area (Å²) in [5.74, 6) is 2.53. The van der Waals surface area contributed by atoms with Gasteiger partial charge < -0.3 is 4.90 Å². The molecule has 5 nitrogen and oxygen atoms in total. The molecule has 136 valence electrons. The Morgan fingerprint density at radius 3 is 2.85 bits per heavy atom. The summed E-state index contributed by atoms with van der Waals surface area (Å²) in [6.07, 6.45) is 5.65. The average Bonchev–Trinajstić information content (AvgIpc) is 3.36. The van der Waals surface area contributed by atoms with Gasteiger partial charge in [-0.25, -0.2) is 13.9 Å². The van der Waals surface area contributed by atoms with Gasteiger partial charge in [-0.3, -0.25) is 5.32 Å². The van der Waals surface area contributed by atoms with Crippen LogP contribution in [-0.4, -0.2) is 33.8 Å². The Labute approximate surface area is 152 Å². The zero-order valence-corrected chi connectivity index (χ0v) is 14.9. The monoisotopic (exact) mass is 354 g/mol. The fourth-order valence-corrected chi connectivity index (χ4v) is 5.67. The van der Waals surface area contributed by atoms with Crippen molar-refractivity contribution in [2.75, 3.05) is 18.4 Å². The minimum Gasteiger partial charge on any atom is -0.324 e. The van der Waals surface area contributed by atoms with E-state index >= 15 is 0 Å².